The van der Waals surface area contributed by atoms with Crippen LogP contribution in [0.5, 0.6) is 0 Å². The number of nitrogens with one attached hydrogen (secondary N) is 1. The third-order valence-corrected chi connectivity index (χ3v) is 4.00. The molecule has 1 N–H and O–H groups in total. The molecule has 1 fully saturated rings. The molecule has 0 saturated heterocycles. The van der Waals surface area contributed by atoms with Crippen LogP contribution in [-0.2, 0) is 13.0 Å². The predicted molar refractivity (Wildman–Crippen MR) is 79.0 cm³/mol. The van der Waals surface area contributed by atoms with Crippen molar-refractivity contribution >= 4 is 11.5 Å². The number of fused-ring (bicyclic) bond motifs is 1. The Morgan fingerprint density at radius 3 is 2.85 bits per heavy atom. The van der Waals surface area contributed by atoms with Crippen LogP contribution < -0.4 is 10.2 Å². The van der Waals surface area contributed by atoms with Gasteiger partial charge >= 0.3 is 0 Å². The van der Waals surface area contributed by atoms with Crippen LogP contribution in [0.25, 0.3) is 0 Å². The molecule has 1 aromatic heterocycles. The van der Waals surface area contributed by atoms with E-state index < -0.39 is 0 Å². The Morgan fingerprint density at radius 1 is 1.15 bits per heavy atom. The Kier molecular flexibility index (Phi) is 2.89. The number of aromatic nitrogens is 2. The van der Waals surface area contributed by atoms with E-state index in [1.165, 1.54) is 24.1 Å². The zero-order chi connectivity index (χ0) is 13.4. The number of hydrogen-bond donors (Lipinski definition) is 1. The molecule has 20 heavy (non-hydrogen) atoms. The summed E-state index contributed by atoms with van der Waals surface area (Å²) in [6.07, 6.45) is 7.48. The molecule has 102 valence electrons. The number of anilines is 2. The van der Waals surface area contributed by atoms with Crippen LogP contribution in [0.4, 0.5) is 11.5 Å². The first-order valence-electron chi connectivity index (χ1n) is 7.30. The van der Waals surface area contributed by atoms with Crippen molar-refractivity contribution in [2.24, 2.45) is 0 Å². The molecule has 4 rings (SSSR count). The molecule has 2 heterocycles. The van der Waals surface area contributed by atoms with E-state index in [4.69, 9.17) is 0 Å². The van der Waals surface area contributed by atoms with Crippen LogP contribution in [0.2, 0.25) is 0 Å². The van der Waals surface area contributed by atoms with E-state index in [1.54, 1.807) is 0 Å². The fourth-order valence-electron chi connectivity index (χ4n) is 2.69. The van der Waals surface area contributed by atoms with Crippen molar-refractivity contribution in [3.05, 3.63) is 47.9 Å². The van der Waals surface area contributed by atoms with Gasteiger partial charge in [-0.2, -0.15) is 0 Å². The highest BCUT2D eigenvalue weighted by Crippen LogP contribution is 2.32. The number of hydrogen-bond acceptors (Lipinski definition) is 4. The third kappa shape index (κ3) is 2.27. The fourth-order valence-corrected chi connectivity index (χ4v) is 2.69. The lowest BCUT2D eigenvalue weighted by molar-refractivity contribution is 0.671. The van der Waals surface area contributed by atoms with E-state index in [1.807, 2.05) is 12.4 Å². The molecular formula is C16H18N4. The Bertz CT molecular complexity index is 604. The second-order valence-electron chi connectivity index (χ2n) is 5.55. The van der Waals surface area contributed by atoms with Crippen molar-refractivity contribution in [3.8, 4) is 0 Å². The van der Waals surface area contributed by atoms with Gasteiger partial charge in [0.15, 0.2) is 5.82 Å². The molecule has 0 spiro atoms. The molecule has 0 atom stereocenters. The molecule has 2 aliphatic rings. The van der Waals surface area contributed by atoms with Crippen molar-refractivity contribution in [1.29, 1.82) is 0 Å². The van der Waals surface area contributed by atoms with Gasteiger partial charge in [-0.15, -0.1) is 0 Å². The van der Waals surface area contributed by atoms with Crippen molar-refractivity contribution in [2.75, 3.05) is 11.4 Å². The van der Waals surface area contributed by atoms with Crippen LogP contribution in [-0.4, -0.2) is 22.6 Å². The maximum Gasteiger partial charge on any atom is 0.151 e. The van der Waals surface area contributed by atoms with Gasteiger partial charge in [-0.25, -0.2) is 4.98 Å². The maximum absolute atomic E-state index is 4.58. The average molecular weight is 266 g/mol. The lowest BCUT2D eigenvalue weighted by atomic mass is 10.2. The summed E-state index contributed by atoms with van der Waals surface area (Å²) >= 11 is 0. The standard InChI is InChI=1S/C16H18N4/c1-2-4-15-12(3-1)7-8-20(15)16-11-18-14(10-19-16)9-17-13-5-6-13/h1-4,10-11,13,17H,5-9H2. The van der Waals surface area contributed by atoms with Gasteiger partial charge in [0.05, 0.1) is 18.1 Å². The van der Waals surface area contributed by atoms with E-state index in [0.29, 0.717) is 6.04 Å². The van der Waals surface area contributed by atoms with E-state index in [-0.39, 0.29) is 0 Å². The fraction of sp³-hybridized carbons (Fsp3) is 0.375. The quantitative estimate of drug-likeness (QED) is 0.922. The molecule has 0 unspecified atom stereocenters. The lowest BCUT2D eigenvalue weighted by Crippen LogP contribution is -2.18. The average Bonchev–Trinajstić information content (AvgIpc) is 3.23. The number of rotatable bonds is 4. The third-order valence-electron chi connectivity index (χ3n) is 4.00. The van der Waals surface area contributed by atoms with Gasteiger partial charge in [0, 0.05) is 24.8 Å². The first kappa shape index (κ1) is 11.9. The molecule has 0 radical (unpaired) electrons. The SMILES string of the molecule is c1ccc2c(c1)CCN2c1cnc(CNC2CC2)cn1. The smallest absolute Gasteiger partial charge is 0.151 e. The summed E-state index contributed by atoms with van der Waals surface area (Å²) in [5, 5.41) is 3.46. The van der Waals surface area contributed by atoms with Crippen molar-refractivity contribution < 1.29 is 0 Å². The monoisotopic (exact) mass is 266 g/mol. The minimum Gasteiger partial charge on any atom is -0.325 e. The number of para-hydroxylation sites is 1. The Hall–Kier alpha value is -1.94. The van der Waals surface area contributed by atoms with E-state index >= 15 is 0 Å². The summed E-state index contributed by atoms with van der Waals surface area (Å²) in [7, 11) is 0. The second kappa shape index (κ2) is 4.87. The molecule has 4 nitrogen and oxygen atoms in total. The summed E-state index contributed by atoms with van der Waals surface area (Å²) in [5.74, 6) is 0.949. The van der Waals surface area contributed by atoms with Gasteiger partial charge in [0.1, 0.15) is 0 Å². The largest absolute Gasteiger partial charge is 0.325 e. The highest BCUT2D eigenvalue weighted by Gasteiger charge is 2.22. The minimum absolute atomic E-state index is 0.710. The van der Waals surface area contributed by atoms with E-state index in [0.717, 1.165) is 31.0 Å². The van der Waals surface area contributed by atoms with Gasteiger partial charge in [0.2, 0.25) is 0 Å². The second-order valence-corrected chi connectivity index (χ2v) is 5.55. The Morgan fingerprint density at radius 2 is 2.05 bits per heavy atom. The first-order valence-corrected chi connectivity index (χ1v) is 7.30. The highest BCUT2D eigenvalue weighted by molar-refractivity contribution is 5.66. The molecule has 0 bridgehead atoms. The summed E-state index contributed by atoms with van der Waals surface area (Å²) in [5.41, 5.74) is 3.69. The van der Waals surface area contributed by atoms with Gasteiger partial charge < -0.3 is 10.2 Å². The molecule has 0 amide bonds. The number of nitrogens with zero attached hydrogens (tertiary/aromatic N) is 3. The van der Waals surface area contributed by atoms with Gasteiger partial charge in [-0.05, 0) is 30.9 Å². The summed E-state index contributed by atoms with van der Waals surface area (Å²) in [6, 6.07) is 9.24. The molecule has 1 aliphatic carbocycles. The number of benzene rings is 1. The summed E-state index contributed by atoms with van der Waals surface area (Å²) < 4.78 is 0. The molecule has 1 saturated carbocycles. The molecule has 1 aliphatic heterocycles. The van der Waals surface area contributed by atoms with Gasteiger partial charge in [-0.1, -0.05) is 18.2 Å². The molecule has 2 aromatic rings. The minimum atomic E-state index is 0.710. The topological polar surface area (TPSA) is 41.1 Å². The Labute approximate surface area is 118 Å². The van der Waals surface area contributed by atoms with Crippen LogP contribution >= 0.6 is 0 Å². The van der Waals surface area contributed by atoms with Crippen molar-refractivity contribution in [1.82, 2.24) is 15.3 Å². The summed E-state index contributed by atoms with van der Waals surface area (Å²) in [6.45, 7) is 1.82. The van der Waals surface area contributed by atoms with Gasteiger partial charge in [-0.3, -0.25) is 4.98 Å². The van der Waals surface area contributed by atoms with Crippen molar-refractivity contribution in [3.63, 3.8) is 0 Å². The van der Waals surface area contributed by atoms with Crippen LogP contribution in [0, 0.1) is 0 Å². The van der Waals surface area contributed by atoms with Crippen LogP contribution in [0.1, 0.15) is 24.1 Å². The molecule has 1 aromatic carbocycles. The highest BCUT2D eigenvalue weighted by atomic mass is 15.2. The lowest BCUT2D eigenvalue weighted by Gasteiger charge is -2.17. The molecular weight excluding hydrogens is 248 g/mol. The molecule has 4 heteroatoms. The van der Waals surface area contributed by atoms with E-state index in [9.17, 15) is 0 Å². The zero-order valence-corrected chi connectivity index (χ0v) is 11.4. The van der Waals surface area contributed by atoms with Crippen molar-refractivity contribution in [2.45, 2.75) is 31.8 Å². The van der Waals surface area contributed by atoms with E-state index in [2.05, 4.69) is 44.5 Å². The maximum atomic E-state index is 4.58. The van der Waals surface area contributed by atoms with Crippen LogP contribution in [0.3, 0.4) is 0 Å². The summed E-state index contributed by atoms with van der Waals surface area (Å²) in [4.78, 5) is 11.4. The van der Waals surface area contributed by atoms with Gasteiger partial charge in [0.25, 0.3) is 0 Å². The first-order chi connectivity index (χ1) is 9.90. The predicted octanol–water partition coefficient (Wildman–Crippen LogP) is 2.42. The van der Waals surface area contributed by atoms with Crippen LogP contribution in [0.15, 0.2) is 36.7 Å². The normalized spacial score (nSPS) is 17.3. The Balaban J connectivity index is 1.51. The zero-order valence-electron chi connectivity index (χ0n) is 11.4.